The molecule has 3 aromatic rings. The van der Waals surface area contributed by atoms with Crippen LogP contribution in [0.3, 0.4) is 0 Å². The van der Waals surface area contributed by atoms with Gasteiger partial charge in [-0.2, -0.15) is 5.26 Å². The fourth-order valence-corrected chi connectivity index (χ4v) is 3.38. The fraction of sp³-hybridized carbons (Fsp3) is 0.250. The number of rotatable bonds is 3. The van der Waals surface area contributed by atoms with Gasteiger partial charge in [0, 0.05) is 32.7 Å². The number of nitriles is 1. The molecule has 6 nitrogen and oxygen atoms in total. The molecule has 26 heavy (non-hydrogen) atoms. The summed E-state index contributed by atoms with van der Waals surface area (Å²) in [7, 11) is 0. The number of para-hydroxylation sites is 3. The number of benzene rings is 2. The van der Waals surface area contributed by atoms with Crippen molar-refractivity contribution in [3.05, 3.63) is 70.1 Å². The number of nitrogens with zero attached hydrogens (tertiary/aromatic N) is 4. The van der Waals surface area contributed by atoms with Crippen LogP contribution in [0.15, 0.2) is 53.3 Å². The summed E-state index contributed by atoms with van der Waals surface area (Å²) in [6.07, 6.45) is 0. The maximum Gasteiger partial charge on any atom is 0.271 e. The van der Waals surface area contributed by atoms with Crippen LogP contribution in [-0.4, -0.2) is 41.0 Å². The Hall–Kier alpha value is -3.17. The van der Waals surface area contributed by atoms with Crippen molar-refractivity contribution in [2.24, 2.45) is 0 Å². The first-order valence-corrected chi connectivity index (χ1v) is 8.69. The number of anilines is 1. The molecule has 0 radical (unpaired) electrons. The Morgan fingerprint density at radius 1 is 1.04 bits per heavy atom. The minimum atomic E-state index is -0.124. The minimum absolute atomic E-state index is 0.124. The molecule has 0 bridgehead atoms. The predicted octanol–water partition coefficient (Wildman–Crippen LogP) is 2.12. The van der Waals surface area contributed by atoms with Gasteiger partial charge in [0.15, 0.2) is 0 Å². The lowest BCUT2D eigenvalue weighted by molar-refractivity contribution is 0.246. The third kappa shape index (κ3) is 3.17. The Kier molecular flexibility index (Phi) is 4.38. The molecule has 2 heterocycles. The normalized spacial score (nSPS) is 15.1. The van der Waals surface area contributed by atoms with Crippen molar-refractivity contribution in [3.8, 4) is 6.07 Å². The van der Waals surface area contributed by atoms with E-state index in [-0.39, 0.29) is 5.56 Å². The van der Waals surface area contributed by atoms with Crippen LogP contribution in [0.25, 0.3) is 11.0 Å². The van der Waals surface area contributed by atoms with Gasteiger partial charge in [-0.05, 0) is 24.3 Å². The van der Waals surface area contributed by atoms with Crippen LogP contribution in [0.4, 0.5) is 5.69 Å². The van der Waals surface area contributed by atoms with Crippen molar-refractivity contribution in [3.63, 3.8) is 0 Å². The molecule has 1 aliphatic rings. The first-order valence-electron chi connectivity index (χ1n) is 8.69. The Labute approximate surface area is 151 Å². The maximum atomic E-state index is 12.3. The first-order chi connectivity index (χ1) is 12.7. The maximum absolute atomic E-state index is 12.3. The van der Waals surface area contributed by atoms with Crippen molar-refractivity contribution in [1.29, 1.82) is 5.26 Å². The fourth-order valence-electron chi connectivity index (χ4n) is 3.38. The summed E-state index contributed by atoms with van der Waals surface area (Å²) in [6.45, 7) is 3.84. The van der Waals surface area contributed by atoms with Crippen molar-refractivity contribution < 1.29 is 0 Å². The standard InChI is InChI=1S/C20H19N5O/c21-13-15-5-1-4-8-19(15)25-11-9-24(10-12-25)14-18-20(26)23-17-7-3-2-6-16(17)22-18/h1-8H,9-12,14H2,(H,23,26). The van der Waals surface area contributed by atoms with Crippen LogP contribution in [0.1, 0.15) is 11.3 Å². The van der Waals surface area contributed by atoms with Crippen LogP contribution < -0.4 is 10.5 Å². The zero-order valence-corrected chi connectivity index (χ0v) is 14.4. The first kappa shape index (κ1) is 16.3. The molecule has 0 amide bonds. The summed E-state index contributed by atoms with van der Waals surface area (Å²) in [5.41, 5.74) is 3.68. The zero-order chi connectivity index (χ0) is 17.9. The molecule has 0 unspecified atom stereocenters. The van der Waals surface area contributed by atoms with E-state index < -0.39 is 0 Å². The summed E-state index contributed by atoms with van der Waals surface area (Å²) in [5, 5.41) is 9.28. The number of aromatic nitrogens is 2. The average Bonchev–Trinajstić information content (AvgIpc) is 2.69. The van der Waals surface area contributed by atoms with Gasteiger partial charge >= 0.3 is 0 Å². The van der Waals surface area contributed by atoms with Crippen LogP contribution >= 0.6 is 0 Å². The van der Waals surface area contributed by atoms with Gasteiger partial charge in [-0.25, -0.2) is 4.98 Å². The Balaban J connectivity index is 1.47. The van der Waals surface area contributed by atoms with E-state index in [1.807, 2.05) is 48.5 Å². The van der Waals surface area contributed by atoms with Gasteiger partial charge in [-0.3, -0.25) is 9.69 Å². The van der Waals surface area contributed by atoms with E-state index in [9.17, 15) is 10.1 Å². The lowest BCUT2D eigenvalue weighted by atomic mass is 10.1. The molecule has 1 saturated heterocycles. The lowest BCUT2D eigenvalue weighted by Crippen LogP contribution is -2.46. The van der Waals surface area contributed by atoms with E-state index in [4.69, 9.17) is 0 Å². The highest BCUT2D eigenvalue weighted by atomic mass is 16.1. The molecule has 0 aliphatic carbocycles. The molecule has 1 aliphatic heterocycles. The number of nitrogens with one attached hydrogen (secondary N) is 1. The highest BCUT2D eigenvalue weighted by Crippen LogP contribution is 2.21. The van der Waals surface area contributed by atoms with Gasteiger partial charge in [0.1, 0.15) is 11.8 Å². The van der Waals surface area contributed by atoms with E-state index in [0.717, 1.165) is 42.9 Å². The molecule has 0 saturated carbocycles. The second kappa shape index (κ2) is 6.98. The third-order valence-electron chi connectivity index (χ3n) is 4.78. The Morgan fingerprint density at radius 2 is 1.77 bits per heavy atom. The van der Waals surface area contributed by atoms with Crippen LogP contribution in [0.5, 0.6) is 0 Å². The molecule has 2 aromatic carbocycles. The van der Waals surface area contributed by atoms with Crippen molar-refractivity contribution in [2.75, 3.05) is 31.1 Å². The molecule has 130 valence electrons. The van der Waals surface area contributed by atoms with Crippen molar-refractivity contribution in [1.82, 2.24) is 14.9 Å². The Morgan fingerprint density at radius 3 is 2.58 bits per heavy atom. The lowest BCUT2D eigenvalue weighted by Gasteiger charge is -2.36. The number of aromatic amines is 1. The van der Waals surface area contributed by atoms with Gasteiger partial charge < -0.3 is 9.88 Å². The highest BCUT2D eigenvalue weighted by molar-refractivity contribution is 5.73. The zero-order valence-electron chi connectivity index (χ0n) is 14.4. The molecule has 4 rings (SSSR count). The van der Waals surface area contributed by atoms with E-state index in [2.05, 4.69) is 25.8 Å². The van der Waals surface area contributed by atoms with Crippen LogP contribution in [-0.2, 0) is 6.54 Å². The van der Waals surface area contributed by atoms with E-state index in [1.165, 1.54) is 0 Å². The van der Waals surface area contributed by atoms with Gasteiger partial charge in [-0.15, -0.1) is 0 Å². The number of hydrogen-bond acceptors (Lipinski definition) is 5. The molecule has 1 fully saturated rings. The SMILES string of the molecule is N#Cc1ccccc1N1CCN(Cc2nc3ccccc3[nH]c2=O)CC1. The van der Waals surface area contributed by atoms with E-state index >= 15 is 0 Å². The number of fused-ring (bicyclic) bond motifs is 1. The monoisotopic (exact) mass is 345 g/mol. The van der Waals surface area contributed by atoms with Gasteiger partial charge in [-0.1, -0.05) is 24.3 Å². The number of hydrogen-bond donors (Lipinski definition) is 1. The molecule has 6 heteroatoms. The second-order valence-corrected chi connectivity index (χ2v) is 6.42. The number of H-pyrrole nitrogens is 1. The van der Waals surface area contributed by atoms with Gasteiger partial charge in [0.25, 0.3) is 5.56 Å². The Bertz CT molecular complexity index is 1030. The molecular weight excluding hydrogens is 326 g/mol. The average molecular weight is 345 g/mol. The van der Waals surface area contributed by atoms with Crippen LogP contribution in [0.2, 0.25) is 0 Å². The molecule has 0 spiro atoms. The summed E-state index contributed by atoms with van der Waals surface area (Å²) >= 11 is 0. The minimum Gasteiger partial charge on any atom is -0.368 e. The van der Waals surface area contributed by atoms with Gasteiger partial charge in [0.05, 0.1) is 22.3 Å². The predicted molar refractivity (Wildman–Crippen MR) is 101 cm³/mol. The largest absolute Gasteiger partial charge is 0.368 e. The van der Waals surface area contributed by atoms with Crippen LogP contribution in [0, 0.1) is 11.3 Å². The molecule has 1 N–H and O–H groups in total. The van der Waals surface area contributed by atoms with Gasteiger partial charge in [0.2, 0.25) is 0 Å². The van der Waals surface area contributed by atoms with E-state index in [1.54, 1.807) is 0 Å². The smallest absolute Gasteiger partial charge is 0.271 e. The second-order valence-electron chi connectivity index (χ2n) is 6.42. The number of piperazine rings is 1. The molecular formula is C20H19N5O. The summed E-state index contributed by atoms with van der Waals surface area (Å²) in [6, 6.07) is 17.5. The summed E-state index contributed by atoms with van der Waals surface area (Å²) in [5.74, 6) is 0. The summed E-state index contributed by atoms with van der Waals surface area (Å²) in [4.78, 5) is 24.2. The van der Waals surface area contributed by atoms with E-state index in [0.29, 0.717) is 17.8 Å². The summed E-state index contributed by atoms with van der Waals surface area (Å²) < 4.78 is 0. The quantitative estimate of drug-likeness (QED) is 0.787. The highest BCUT2D eigenvalue weighted by Gasteiger charge is 2.20. The third-order valence-corrected chi connectivity index (χ3v) is 4.78. The molecule has 1 aromatic heterocycles. The van der Waals surface area contributed by atoms with Crippen molar-refractivity contribution >= 4 is 16.7 Å². The van der Waals surface area contributed by atoms with Crippen molar-refractivity contribution in [2.45, 2.75) is 6.54 Å². The topological polar surface area (TPSA) is 76.0 Å². The molecule has 0 atom stereocenters.